The zero-order valence-corrected chi connectivity index (χ0v) is 10.5. The van der Waals surface area contributed by atoms with Gasteiger partial charge in [-0.1, -0.05) is 18.5 Å². The first-order valence-corrected chi connectivity index (χ1v) is 5.67. The number of amides is 1. The number of nitrogens with one attached hydrogen (secondary N) is 1. The van der Waals surface area contributed by atoms with Gasteiger partial charge in [-0.2, -0.15) is 0 Å². The number of benzene rings is 1. The SMILES string of the molecule is CC(CCl)C(=O)Nc1cc([N+](=O)[O-])ccc1Cl. The van der Waals surface area contributed by atoms with Crippen LogP contribution in [-0.2, 0) is 4.79 Å². The molecule has 0 aliphatic heterocycles. The molecule has 0 aromatic heterocycles. The fraction of sp³-hybridized carbons (Fsp3) is 0.300. The van der Waals surface area contributed by atoms with Crippen LogP contribution >= 0.6 is 23.2 Å². The molecule has 17 heavy (non-hydrogen) atoms. The van der Waals surface area contributed by atoms with Gasteiger partial charge in [0.15, 0.2) is 0 Å². The average Bonchev–Trinajstić information content (AvgIpc) is 2.30. The van der Waals surface area contributed by atoms with Crippen LogP contribution < -0.4 is 5.32 Å². The highest BCUT2D eigenvalue weighted by atomic mass is 35.5. The van der Waals surface area contributed by atoms with Crippen molar-refractivity contribution in [2.75, 3.05) is 11.2 Å². The van der Waals surface area contributed by atoms with E-state index in [2.05, 4.69) is 5.32 Å². The van der Waals surface area contributed by atoms with E-state index < -0.39 is 10.8 Å². The maximum Gasteiger partial charge on any atom is 0.271 e. The molecule has 0 fully saturated rings. The molecule has 1 aromatic carbocycles. The molecule has 7 heteroatoms. The molecule has 0 saturated heterocycles. The summed E-state index contributed by atoms with van der Waals surface area (Å²) in [6, 6.07) is 3.84. The molecular weight excluding hydrogens is 267 g/mol. The molecule has 0 radical (unpaired) electrons. The number of hydrogen-bond acceptors (Lipinski definition) is 3. The van der Waals surface area contributed by atoms with Gasteiger partial charge in [-0.05, 0) is 6.07 Å². The number of rotatable bonds is 4. The molecule has 1 unspecified atom stereocenters. The van der Waals surface area contributed by atoms with Crippen molar-refractivity contribution >= 4 is 40.5 Å². The number of nitrogens with zero attached hydrogens (tertiary/aromatic N) is 1. The number of carbonyl (C=O) groups excluding carboxylic acids is 1. The van der Waals surface area contributed by atoms with Crippen LogP contribution in [0.15, 0.2) is 18.2 Å². The third-order valence-corrected chi connectivity index (χ3v) is 2.89. The molecule has 0 saturated carbocycles. The Hall–Kier alpha value is -1.33. The highest BCUT2D eigenvalue weighted by Gasteiger charge is 2.15. The first-order valence-electron chi connectivity index (χ1n) is 4.76. The summed E-state index contributed by atoms with van der Waals surface area (Å²) in [6.07, 6.45) is 0. The van der Waals surface area contributed by atoms with E-state index in [0.29, 0.717) is 0 Å². The van der Waals surface area contributed by atoms with E-state index in [4.69, 9.17) is 23.2 Å². The lowest BCUT2D eigenvalue weighted by Crippen LogP contribution is -2.21. The predicted octanol–water partition coefficient (Wildman–Crippen LogP) is 3.06. The van der Waals surface area contributed by atoms with E-state index in [1.807, 2.05) is 0 Å². The number of carbonyl (C=O) groups is 1. The lowest BCUT2D eigenvalue weighted by Gasteiger charge is -2.10. The van der Waals surface area contributed by atoms with Gasteiger partial charge < -0.3 is 5.32 Å². The standard InChI is InChI=1S/C10H10Cl2N2O3/c1-6(5-11)10(15)13-9-4-7(14(16)17)2-3-8(9)12/h2-4,6H,5H2,1H3,(H,13,15). The molecule has 1 aromatic rings. The first kappa shape index (κ1) is 13.7. The monoisotopic (exact) mass is 276 g/mol. The normalized spacial score (nSPS) is 11.9. The van der Waals surface area contributed by atoms with Gasteiger partial charge in [-0.25, -0.2) is 0 Å². The van der Waals surface area contributed by atoms with Crippen LogP contribution in [0.25, 0.3) is 0 Å². The van der Waals surface area contributed by atoms with Crippen LogP contribution in [-0.4, -0.2) is 16.7 Å². The third-order valence-electron chi connectivity index (χ3n) is 2.10. The second-order valence-corrected chi connectivity index (χ2v) is 4.18. The number of alkyl halides is 1. The molecule has 1 atom stereocenters. The van der Waals surface area contributed by atoms with E-state index in [0.717, 1.165) is 0 Å². The molecule has 1 N–H and O–H groups in total. The minimum atomic E-state index is -0.559. The van der Waals surface area contributed by atoms with Gasteiger partial charge in [-0.15, -0.1) is 11.6 Å². The Balaban J connectivity index is 2.94. The van der Waals surface area contributed by atoms with Gasteiger partial charge in [-0.3, -0.25) is 14.9 Å². The molecular formula is C10H10Cl2N2O3. The molecule has 0 heterocycles. The topological polar surface area (TPSA) is 72.2 Å². The summed E-state index contributed by atoms with van der Waals surface area (Å²) in [5.41, 5.74) is 0.0751. The van der Waals surface area contributed by atoms with Crippen LogP contribution in [0, 0.1) is 16.0 Å². The Morgan fingerprint density at radius 1 is 1.59 bits per heavy atom. The number of anilines is 1. The number of nitro groups is 1. The van der Waals surface area contributed by atoms with Crippen molar-refractivity contribution in [3.8, 4) is 0 Å². The first-order chi connectivity index (χ1) is 7.95. The Bertz CT molecular complexity index is 451. The molecule has 1 amide bonds. The molecule has 0 aliphatic carbocycles. The van der Waals surface area contributed by atoms with Gasteiger partial charge in [0.05, 0.1) is 15.6 Å². The summed E-state index contributed by atoms with van der Waals surface area (Å²) in [5.74, 6) is -0.562. The largest absolute Gasteiger partial charge is 0.324 e. The van der Waals surface area contributed by atoms with E-state index in [1.54, 1.807) is 6.92 Å². The Morgan fingerprint density at radius 3 is 2.76 bits per heavy atom. The number of nitro benzene ring substituents is 1. The highest BCUT2D eigenvalue weighted by Crippen LogP contribution is 2.27. The van der Waals surface area contributed by atoms with Gasteiger partial charge in [0.2, 0.25) is 5.91 Å². The molecule has 0 aliphatic rings. The minimum absolute atomic E-state index is 0.136. The molecule has 0 bridgehead atoms. The second-order valence-electron chi connectivity index (χ2n) is 3.47. The Morgan fingerprint density at radius 2 is 2.24 bits per heavy atom. The summed E-state index contributed by atoms with van der Waals surface area (Å²) in [6.45, 7) is 1.65. The maximum absolute atomic E-state index is 11.6. The van der Waals surface area contributed by atoms with Crippen LogP contribution in [0.1, 0.15) is 6.92 Å². The van der Waals surface area contributed by atoms with Gasteiger partial charge in [0, 0.05) is 23.9 Å². The molecule has 0 spiro atoms. The summed E-state index contributed by atoms with van der Waals surface area (Å²) in [7, 11) is 0. The second kappa shape index (κ2) is 5.84. The van der Waals surface area contributed by atoms with Gasteiger partial charge in [0.1, 0.15) is 0 Å². The van der Waals surface area contributed by atoms with Gasteiger partial charge in [0.25, 0.3) is 5.69 Å². The molecule has 1 rings (SSSR count). The van der Waals surface area contributed by atoms with Crippen molar-refractivity contribution in [1.82, 2.24) is 0 Å². The molecule has 5 nitrogen and oxygen atoms in total. The quantitative estimate of drug-likeness (QED) is 0.522. The van der Waals surface area contributed by atoms with Crippen molar-refractivity contribution in [1.29, 1.82) is 0 Å². The van der Waals surface area contributed by atoms with E-state index in [-0.39, 0.29) is 28.2 Å². The van der Waals surface area contributed by atoms with E-state index in [1.165, 1.54) is 18.2 Å². The summed E-state index contributed by atoms with van der Waals surface area (Å²) in [4.78, 5) is 21.6. The fourth-order valence-corrected chi connectivity index (χ4v) is 1.35. The number of hydrogen-bond donors (Lipinski definition) is 1. The zero-order valence-electron chi connectivity index (χ0n) is 8.94. The zero-order chi connectivity index (χ0) is 13.0. The van der Waals surface area contributed by atoms with Crippen molar-refractivity contribution in [2.24, 2.45) is 5.92 Å². The maximum atomic E-state index is 11.6. The summed E-state index contributed by atoms with van der Waals surface area (Å²) < 4.78 is 0. The average molecular weight is 277 g/mol. The van der Waals surface area contributed by atoms with Gasteiger partial charge >= 0.3 is 0 Å². The lowest BCUT2D eigenvalue weighted by atomic mass is 10.2. The molecule has 92 valence electrons. The highest BCUT2D eigenvalue weighted by molar-refractivity contribution is 6.33. The van der Waals surface area contributed by atoms with Crippen molar-refractivity contribution in [2.45, 2.75) is 6.92 Å². The lowest BCUT2D eigenvalue weighted by molar-refractivity contribution is -0.384. The fourth-order valence-electron chi connectivity index (χ4n) is 1.05. The van der Waals surface area contributed by atoms with E-state index >= 15 is 0 Å². The van der Waals surface area contributed by atoms with Crippen LogP contribution in [0.5, 0.6) is 0 Å². The third kappa shape index (κ3) is 3.57. The minimum Gasteiger partial charge on any atom is -0.324 e. The number of halogens is 2. The van der Waals surface area contributed by atoms with Crippen LogP contribution in [0.2, 0.25) is 5.02 Å². The number of non-ortho nitro benzene ring substituents is 1. The van der Waals surface area contributed by atoms with Crippen molar-refractivity contribution in [3.05, 3.63) is 33.3 Å². The van der Waals surface area contributed by atoms with Crippen LogP contribution in [0.3, 0.4) is 0 Å². The summed E-state index contributed by atoms with van der Waals surface area (Å²) >= 11 is 11.4. The Kier molecular flexibility index (Phi) is 4.72. The smallest absolute Gasteiger partial charge is 0.271 e. The van der Waals surface area contributed by atoms with Crippen molar-refractivity contribution < 1.29 is 9.72 Å². The predicted molar refractivity (Wildman–Crippen MR) is 66.6 cm³/mol. The summed E-state index contributed by atoms with van der Waals surface area (Å²) in [5, 5.41) is 13.3. The van der Waals surface area contributed by atoms with Crippen molar-refractivity contribution in [3.63, 3.8) is 0 Å². The Labute approximate surface area is 108 Å². The van der Waals surface area contributed by atoms with Crippen LogP contribution in [0.4, 0.5) is 11.4 Å². The van der Waals surface area contributed by atoms with E-state index in [9.17, 15) is 14.9 Å².